The molecule has 23 heavy (non-hydrogen) atoms. The molecule has 1 heterocycles. The van der Waals surface area contributed by atoms with Crippen molar-refractivity contribution in [2.75, 3.05) is 5.32 Å². The summed E-state index contributed by atoms with van der Waals surface area (Å²) in [6, 6.07) is 19.6. The molecule has 0 aliphatic carbocycles. The number of hydrogen-bond acceptors (Lipinski definition) is 3. The van der Waals surface area contributed by atoms with Gasteiger partial charge in [-0.3, -0.25) is 14.6 Å². The molecule has 4 nitrogen and oxygen atoms in total. The maximum atomic E-state index is 12.4. The van der Waals surface area contributed by atoms with Crippen LogP contribution in [0.2, 0.25) is 0 Å². The fourth-order valence-corrected chi connectivity index (χ4v) is 2.27. The lowest BCUT2D eigenvalue weighted by Crippen LogP contribution is -2.12. The molecule has 0 saturated carbocycles. The van der Waals surface area contributed by atoms with Crippen LogP contribution in [0.3, 0.4) is 0 Å². The Balaban J connectivity index is 2.00. The summed E-state index contributed by atoms with van der Waals surface area (Å²) in [6.07, 6.45) is 2.44. The normalized spacial score (nSPS) is 10.1. The minimum absolute atomic E-state index is 0.231. The van der Waals surface area contributed by atoms with Gasteiger partial charge in [0.1, 0.15) is 6.29 Å². The Kier molecular flexibility index (Phi) is 4.25. The van der Waals surface area contributed by atoms with E-state index in [0.717, 1.165) is 17.5 Å². The molecule has 0 aliphatic heterocycles. The van der Waals surface area contributed by atoms with Gasteiger partial charge in [0.15, 0.2) is 0 Å². The second kappa shape index (κ2) is 6.66. The Morgan fingerprint density at radius 1 is 0.957 bits per heavy atom. The highest BCUT2D eigenvalue weighted by Gasteiger charge is 2.11. The van der Waals surface area contributed by atoms with Crippen LogP contribution in [0, 0.1) is 0 Å². The number of nitrogens with one attached hydrogen (secondary N) is 1. The van der Waals surface area contributed by atoms with Crippen LogP contribution in [-0.2, 0) is 0 Å². The molecule has 0 bridgehead atoms. The highest BCUT2D eigenvalue weighted by molar-refractivity contribution is 6.06. The number of amides is 1. The fraction of sp³-hybridized carbons (Fsp3) is 0. The van der Waals surface area contributed by atoms with Crippen molar-refractivity contribution in [3.63, 3.8) is 0 Å². The Labute approximate surface area is 133 Å². The van der Waals surface area contributed by atoms with Crippen molar-refractivity contribution in [3.8, 4) is 11.3 Å². The molecule has 112 valence electrons. The monoisotopic (exact) mass is 302 g/mol. The van der Waals surface area contributed by atoms with Gasteiger partial charge in [0.05, 0.1) is 11.4 Å². The molecule has 4 heteroatoms. The van der Waals surface area contributed by atoms with Gasteiger partial charge in [-0.2, -0.15) is 0 Å². The highest BCUT2D eigenvalue weighted by atomic mass is 16.1. The third-order valence-electron chi connectivity index (χ3n) is 3.40. The van der Waals surface area contributed by atoms with Gasteiger partial charge >= 0.3 is 0 Å². The maximum Gasteiger partial charge on any atom is 0.255 e. The van der Waals surface area contributed by atoms with Gasteiger partial charge < -0.3 is 5.32 Å². The second-order valence-corrected chi connectivity index (χ2v) is 4.96. The maximum absolute atomic E-state index is 12.4. The van der Waals surface area contributed by atoms with Crippen LogP contribution in [0.5, 0.6) is 0 Å². The summed E-state index contributed by atoms with van der Waals surface area (Å²) >= 11 is 0. The molecule has 0 spiro atoms. The zero-order chi connectivity index (χ0) is 16.1. The lowest BCUT2D eigenvalue weighted by Gasteiger charge is -2.11. The molecule has 1 amide bonds. The number of aromatic nitrogens is 1. The number of carbonyl (C=O) groups excluding carboxylic acids is 2. The first-order valence-electron chi connectivity index (χ1n) is 7.15. The van der Waals surface area contributed by atoms with Gasteiger partial charge in [-0.25, -0.2) is 0 Å². The van der Waals surface area contributed by atoms with Crippen molar-refractivity contribution in [3.05, 3.63) is 84.1 Å². The smallest absolute Gasteiger partial charge is 0.255 e. The van der Waals surface area contributed by atoms with E-state index in [9.17, 15) is 9.59 Å². The lowest BCUT2D eigenvalue weighted by atomic mass is 10.1. The molecule has 0 unspecified atom stereocenters. The van der Waals surface area contributed by atoms with E-state index in [1.54, 1.807) is 48.7 Å². The second-order valence-electron chi connectivity index (χ2n) is 4.96. The molecule has 0 aliphatic rings. The molecule has 3 aromatic rings. The van der Waals surface area contributed by atoms with E-state index in [2.05, 4.69) is 10.3 Å². The molecule has 0 fully saturated rings. The van der Waals surface area contributed by atoms with E-state index in [0.29, 0.717) is 16.8 Å². The minimum atomic E-state index is -0.231. The standard InChI is InChI=1S/C19H14N2O2/c22-13-14-9-10-16(17-8-4-5-11-20-17)18(12-14)21-19(23)15-6-2-1-3-7-15/h1-13H,(H,21,23). The summed E-state index contributed by atoms with van der Waals surface area (Å²) in [5.41, 5.74) is 3.10. The molecule has 0 atom stereocenters. The molecular weight excluding hydrogens is 288 g/mol. The average Bonchev–Trinajstić information content (AvgIpc) is 2.63. The molecule has 0 radical (unpaired) electrons. The van der Waals surface area contributed by atoms with Gasteiger partial charge in [-0.05, 0) is 30.3 Å². The number of nitrogens with zero attached hydrogens (tertiary/aromatic N) is 1. The number of hydrogen-bond donors (Lipinski definition) is 1. The highest BCUT2D eigenvalue weighted by Crippen LogP contribution is 2.27. The number of rotatable bonds is 4. The van der Waals surface area contributed by atoms with E-state index in [4.69, 9.17) is 0 Å². The first-order chi connectivity index (χ1) is 11.3. The summed E-state index contributed by atoms with van der Waals surface area (Å²) in [7, 11) is 0. The van der Waals surface area contributed by atoms with Gasteiger partial charge in [0.25, 0.3) is 5.91 Å². The first kappa shape index (κ1) is 14.7. The molecule has 0 saturated heterocycles. The molecule has 3 rings (SSSR count). The Morgan fingerprint density at radius 2 is 1.74 bits per heavy atom. The Bertz CT molecular complexity index is 831. The lowest BCUT2D eigenvalue weighted by molar-refractivity contribution is 0.102. The van der Waals surface area contributed by atoms with E-state index in [1.165, 1.54) is 0 Å². The van der Waals surface area contributed by atoms with Crippen LogP contribution in [-0.4, -0.2) is 17.2 Å². The van der Waals surface area contributed by atoms with Crippen molar-refractivity contribution in [1.82, 2.24) is 4.98 Å². The van der Waals surface area contributed by atoms with Gasteiger partial charge in [-0.1, -0.05) is 36.4 Å². The summed E-state index contributed by atoms with van der Waals surface area (Å²) in [5.74, 6) is -0.231. The summed E-state index contributed by atoms with van der Waals surface area (Å²) in [5, 5.41) is 2.86. The zero-order valence-electron chi connectivity index (χ0n) is 12.3. The van der Waals surface area contributed by atoms with Crippen molar-refractivity contribution < 1.29 is 9.59 Å². The van der Waals surface area contributed by atoms with Crippen LogP contribution < -0.4 is 5.32 Å². The third-order valence-corrected chi connectivity index (χ3v) is 3.40. The van der Waals surface area contributed by atoms with Crippen LogP contribution in [0.4, 0.5) is 5.69 Å². The fourth-order valence-electron chi connectivity index (χ4n) is 2.27. The van der Waals surface area contributed by atoms with Crippen LogP contribution in [0.15, 0.2) is 72.9 Å². The van der Waals surface area contributed by atoms with Crippen molar-refractivity contribution in [2.24, 2.45) is 0 Å². The molecule has 1 aromatic heterocycles. The SMILES string of the molecule is O=Cc1ccc(-c2ccccn2)c(NC(=O)c2ccccc2)c1. The predicted molar refractivity (Wildman–Crippen MR) is 89.5 cm³/mol. The number of pyridine rings is 1. The van der Waals surface area contributed by atoms with Crippen molar-refractivity contribution in [2.45, 2.75) is 0 Å². The number of benzene rings is 2. The molecule has 2 aromatic carbocycles. The van der Waals surface area contributed by atoms with Gasteiger partial charge in [0.2, 0.25) is 0 Å². The summed E-state index contributed by atoms with van der Waals surface area (Å²) in [6.45, 7) is 0. The third kappa shape index (κ3) is 3.32. The number of aldehydes is 1. The van der Waals surface area contributed by atoms with E-state index >= 15 is 0 Å². The van der Waals surface area contributed by atoms with Crippen LogP contribution >= 0.6 is 0 Å². The van der Waals surface area contributed by atoms with Gasteiger partial charge in [0, 0.05) is 22.9 Å². The topological polar surface area (TPSA) is 59.1 Å². The Morgan fingerprint density at radius 3 is 2.43 bits per heavy atom. The van der Waals surface area contributed by atoms with Crippen LogP contribution in [0.25, 0.3) is 11.3 Å². The molecular formula is C19H14N2O2. The van der Waals surface area contributed by atoms with Crippen LogP contribution in [0.1, 0.15) is 20.7 Å². The van der Waals surface area contributed by atoms with E-state index < -0.39 is 0 Å². The van der Waals surface area contributed by atoms with E-state index in [-0.39, 0.29) is 5.91 Å². The summed E-state index contributed by atoms with van der Waals surface area (Å²) in [4.78, 5) is 27.7. The van der Waals surface area contributed by atoms with Gasteiger partial charge in [-0.15, -0.1) is 0 Å². The van der Waals surface area contributed by atoms with E-state index in [1.807, 2.05) is 24.3 Å². The number of carbonyl (C=O) groups is 2. The number of anilines is 1. The largest absolute Gasteiger partial charge is 0.321 e. The Hall–Kier alpha value is -3.27. The predicted octanol–water partition coefficient (Wildman–Crippen LogP) is 3.81. The van der Waals surface area contributed by atoms with Crippen molar-refractivity contribution >= 4 is 17.9 Å². The van der Waals surface area contributed by atoms with Crippen molar-refractivity contribution in [1.29, 1.82) is 0 Å². The molecule has 1 N–H and O–H groups in total. The summed E-state index contributed by atoms with van der Waals surface area (Å²) < 4.78 is 0. The quantitative estimate of drug-likeness (QED) is 0.745. The average molecular weight is 302 g/mol. The first-order valence-corrected chi connectivity index (χ1v) is 7.15. The zero-order valence-corrected chi connectivity index (χ0v) is 12.3. The minimum Gasteiger partial charge on any atom is -0.321 e.